The summed E-state index contributed by atoms with van der Waals surface area (Å²) in [6, 6.07) is 1.73. The van der Waals surface area contributed by atoms with Gasteiger partial charge in [0.15, 0.2) is 5.03 Å². The van der Waals surface area contributed by atoms with E-state index >= 15 is 0 Å². The molecule has 0 spiro atoms. The van der Waals surface area contributed by atoms with Crippen molar-refractivity contribution < 1.29 is 32.2 Å². The van der Waals surface area contributed by atoms with Crippen molar-refractivity contribution in [1.82, 2.24) is 19.5 Å². The van der Waals surface area contributed by atoms with Crippen LogP contribution in [0.15, 0.2) is 23.4 Å². The third kappa shape index (κ3) is 4.68. The number of sulfonamides is 1. The molecule has 0 bridgehead atoms. The van der Waals surface area contributed by atoms with E-state index in [1.54, 1.807) is 11.6 Å². The van der Waals surface area contributed by atoms with E-state index in [0.717, 1.165) is 10.9 Å². The number of anilines is 1. The Hall–Kier alpha value is -3.35. The normalized spacial score (nSPS) is 10.9. The number of hydrogen-bond donors (Lipinski definition) is 2. The van der Waals surface area contributed by atoms with Gasteiger partial charge in [-0.2, -0.15) is 18.5 Å². The number of rotatable bonds is 7. The molecule has 13 heteroatoms. The van der Waals surface area contributed by atoms with Crippen LogP contribution in [0.5, 0.6) is 11.6 Å². The maximum atomic E-state index is 12.6. The molecule has 0 saturated heterocycles. The highest BCUT2D eigenvalue weighted by atomic mass is 32.2. The topological polar surface area (TPSA) is 151 Å². The van der Waals surface area contributed by atoms with Crippen molar-refractivity contribution in [2.75, 3.05) is 26.1 Å². The molecule has 0 aliphatic rings. The number of aromatic nitrogens is 3. The molecule has 2 N–H and O–H groups in total. The molecule has 0 fully saturated rings. The molecule has 0 unspecified atom stereocenters. The average molecular weight is 413 g/mol. The zero-order valence-corrected chi connectivity index (χ0v) is 16.4. The predicted octanol–water partition coefficient (Wildman–Crippen LogP) is 0.519. The summed E-state index contributed by atoms with van der Waals surface area (Å²) in [7, 11) is -0.360. The van der Waals surface area contributed by atoms with Gasteiger partial charge in [-0.05, 0) is 6.92 Å². The van der Waals surface area contributed by atoms with Crippen molar-refractivity contribution in [3.05, 3.63) is 23.9 Å². The largest absolute Gasteiger partial charge is 0.496 e. The van der Waals surface area contributed by atoms with Gasteiger partial charge in [0.05, 0.1) is 27.0 Å². The fourth-order valence-electron chi connectivity index (χ4n) is 2.17. The number of aryl methyl sites for hydroxylation is 1. The van der Waals surface area contributed by atoms with Crippen LogP contribution in [0.3, 0.4) is 0 Å². The molecular weight excluding hydrogens is 394 g/mol. The molecule has 2 aromatic heterocycles. The summed E-state index contributed by atoms with van der Waals surface area (Å²) in [4.78, 5) is 28.1. The fraction of sp³-hybridized carbons (Fsp3) is 0.333. The van der Waals surface area contributed by atoms with E-state index in [0.29, 0.717) is 5.75 Å². The zero-order chi connectivity index (χ0) is 20.9. The van der Waals surface area contributed by atoms with E-state index < -0.39 is 27.0 Å². The Morgan fingerprint density at radius 2 is 1.93 bits per heavy atom. The Bertz CT molecular complexity index is 964. The van der Waals surface area contributed by atoms with E-state index in [-0.39, 0.29) is 23.9 Å². The Morgan fingerprint density at radius 3 is 2.54 bits per heavy atom. The average Bonchev–Trinajstić information content (AvgIpc) is 3.03. The number of urea groups is 1. The molecule has 2 rings (SSSR count). The second kappa shape index (κ2) is 8.56. The zero-order valence-electron chi connectivity index (χ0n) is 15.5. The SMILES string of the molecule is CCOC(=O)c1cnn(C)c1S(=O)(=O)NC(=O)Nc1cc(OC)cc(OC)n1. The molecule has 152 valence electrons. The minimum absolute atomic E-state index is 0.0143. The van der Waals surface area contributed by atoms with Gasteiger partial charge in [-0.25, -0.2) is 14.3 Å². The van der Waals surface area contributed by atoms with Crippen molar-refractivity contribution in [3.63, 3.8) is 0 Å². The lowest BCUT2D eigenvalue weighted by atomic mass is 10.4. The number of ether oxygens (including phenoxy) is 3. The van der Waals surface area contributed by atoms with Crippen LogP contribution in [0.25, 0.3) is 0 Å². The molecule has 2 aromatic rings. The maximum Gasteiger partial charge on any atom is 0.342 e. The Kier molecular flexibility index (Phi) is 6.41. The molecule has 0 aliphatic heterocycles. The summed E-state index contributed by atoms with van der Waals surface area (Å²) in [5.74, 6) is -0.412. The molecule has 0 aromatic carbocycles. The van der Waals surface area contributed by atoms with Crippen LogP contribution in [0, 0.1) is 0 Å². The summed E-state index contributed by atoms with van der Waals surface area (Å²) in [5, 5.41) is 5.48. The van der Waals surface area contributed by atoms with Gasteiger partial charge < -0.3 is 14.2 Å². The second-order valence-electron chi connectivity index (χ2n) is 5.20. The van der Waals surface area contributed by atoms with Crippen LogP contribution in [0.4, 0.5) is 10.6 Å². The molecule has 2 heterocycles. The molecule has 12 nitrogen and oxygen atoms in total. The number of carbonyl (C=O) groups excluding carboxylic acids is 2. The third-order valence-corrected chi connectivity index (χ3v) is 4.77. The van der Waals surface area contributed by atoms with Gasteiger partial charge in [0.25, 0.3) is 10.0 Å². The Morgan fingerprint density at radius 1 is 1.21 bits per heavy atom. The Balaban J connectivity index is 2.25. The number of nitrogens with zero attached hydrogens (tertiary/aromatic N) is 3. The highest BCUT2D eigenvalue weighted by molar-refractivity contribution is 7.90. The van der Waals surface area contributed by atoms with Gasteiger partial charge in [0.1, 0.15) is 17.1 Å². The molecule has 28 heavy (non-hydrogen) atoms. The van der Waals surface area contributed by atoms with E-state index in [1.165, 1.54) is 33.4 Å². The summed E-state index contributed by atoms with van der Waals surface area (Å²) in [6.07, 6.45) is 1.04. The first-order valence-corrected chi connectivity index (χ1v) is 9.33. The van der Waals surface area contributed by atoms with E-state index in [4.69, 9.17) is 14.2 Å². The minimum atomic E-state index is -4.44. The maximum absolute atomic E-state index is 12.6. The van der Waals surface area contributed by atoms with Crippen LogP contribution in [-0.4, -0.2) is 56.0 Å². The predicted molar refractivity (Wildman–Crippen MR) is 95.8 cm³/mol. The summed E-state index contributed by atoms with van der Waals surface area (Å²) < 4.78 is 42.7. The molecular formula is C15H19N5O7S. The van der Waals surface area contributed by atoms with Crippen molar-refractivity contribution in [2.45, 2.75) is 11.9 Å². The van der Waals surface area contributed by atoms with Gasteiger partial charge in [-0.15, -0.1) is 0 Å². The molecule has 0 saturated carbocycles. The molecule has 0 atom stereocenters. The number of amides is 2. The van der Waals surface area contributed by atoms with Gasteiger partial charge in [0.2, 0.25) is 5.88 Å². The standard InChI is InChI=1S/C15H19N5O7S/c1-5-27-14(21)10-8-16-20(2)13(10)28(23,24)19-15(22)18-11-6-9(25-3)7-12(17-11)26-4/h6-8H,5H2,1-4H3,(H2,17,18,19,22). The van der Waals surface area contributed by atoms with E-state index in [9.17, 15) is 18.0 Å². The summed E-state index contributed by atoms with van der Waals surface area (Å²) in [6.45, 7) is 1.62. The lowest BCUT2D eigenvalue weighted by Crippen LogP contribution is -2.36. The summed E-state index contributed by atoms with van der Waals surface area (Å²) in [5.41, 5.74) is -0.300. The van der Waals surface area contributed by atoms with Crippen LogP contribution in [-0.2, 0) is 21.8 Å². The first kappa shape index (κ1) is 21.0. The second-order valence-corrected chi connectivity index (χ2v) is 6.80. The van der Waals surface area contributed by atoms with Gasteiger partial charge in [-0.3, -0.25) is 10.00 Å². The number of hydrogen-bond acceptors (Lipinski definition) is 9. The Labute approximate surface area is 160 Å². The lowest BCUT2D eigenvalue weighted by molar-refractivity contribution is 0.0521. The molecule has 2 amide bonds. The van der Waals surface area contributed by atoms with Crippen molar-refractivity contribution in [3.8, 4) is 11.6 Å². The lowest BCUT2D eigenvalue weighted by Gasteiger charge is -2.11. The number of esters is 1. The quantitative estimate of drug-likeness (QED) is 0.619. The first-order chi connectivity index (χ1) is 13.2. The smallest absolute Gasteiger partial charge is 0.342 e. The first-order valence-electron chi connectivity index (χ1n) is 7.84. The number of methoxy groups -OCH3 is 2. The van der Waals surface area contributed by atoms with E-state index in [1.807, 2.05) is 0 Å². The van der Waals surface area contributed by atoms with Crippen LogP contribution < -0.4 is 19.5 Å². The van der Waals surface area contributed by atoms with Crippen molar-refractivity contribution in [1.29, 1.82) is 0 Å². The van der Waals surface area contributed by atoms with Crippen LogP contribution >= 0.6 is 0 Å². The van der Waals surface area contributed by atoms with Gasteiger partial charge in [-0.1, -0.05) is 0 Å². The highest BCUT2D eigenvalue weighted by Crippen LogP contribution is 2.22. The van der Waals surface area contributed by atoms with E-state index in [2.05, 4.69) is 15.4 Å². The van der Waals surface area contributed by atoms with Crippen molar-refractivity contribution >= 4 is 27.8 Å². The molecule has 0 radical (unpaired) electrons. The number of carbonyl (C=O) groups is 2. The van der Waals surface area contributed by atoms with Gasteiger partial charge >= 0.3 is 12.0 Å². The summed E-state index contributed by atoms with van der Waals surface area (Å²) >= 11 is 0. The monoisotopic (exact) mass is 413 g/mol. The number of pyridine rings is 1. The molecule has 0 aliphatic carbocycles. The minimum Gasteiger partial charge on any atom is -0.496 e. The van der Waals surface area contributed by atoms with Crippen LogP contribution in [0.1, 0.15) is 17.3 Å². The van der Waals surface area contributed by atoms with Gasteiger partial charge in [0, 0.05) is 19.2 Å². The fourth-order valence-corrected chi connectivity index (χ4v) is 3.39. The highest BCUT2D eigenvalue weighted by Gasteiger charge is 2.30. The number of nitrogens with one attached hydrogen (secondary N) is 2. The van der Waals surface area contributed by atoms with Crippen molar-refractivity contribution in [2.24, 2.45) is 7.05 Å². The van der Waals surface area contributed by atoms with Crippen LogP contribution in [0.2, 0.25) is 0 Å². The third-order valence-electron chi connectivity index (χ3n) is 3.32.